The van der Waals surface area contributed by atoms with Crippen LogP contribution in [-0.4, -0.2) is 98.3 Å². The van der Waals surface area contributed by atoms with Crippen molar-refractivity contribution in [2.24, 2.45) is 21.5 Å². The van der Waals surface area contributed by atoms with E-state index in [0.29, 0.717) is 12.4 Å². The molecule has 2 amide bonds. The average molecular weight is 553 g/mol. The third-order valence-corrected chi connectivity index (χ3v) is 8.29. The van der Waals surface area contributed by atoms with Gasteiger partial charge in [-0.1, -0.05) is 26.0 Å². The van der Waals surface area contributed by atoms with E-state index in [1.54, 1.807) is 12.1 Å². The Morgan fingerprint density at radius 1 is 1.20 bits per heavy atom. The van der Waals surface area contributed by atoms with Gasteiger partial charge in [0, 0.05) is 24.8 Å². The summed E-state index contributed by atoms with van der Waals surface area (Å²) in [6, 6.07) is 3.86. The van der Waals surface area contributed by atoms with Crippen LogP contribution in [0.4, 0.5) is 0 Å². The van der Waals surface area contributed by atoms with Crippen LogP contribution in [0.5, 0.6) is 5.75 Å². The van der Waals surface area contributed by atoms with E-state index >= 15 is 0 Å². The predicted octanol–water partition coefficient (Wildman–Crippen LogP) is -2.33. The summed E-state index contributed by atoms with van der Waals surface area (Å²) < 4.78 is 5.89. The van der Waals surface area contributed by atoms with Crippen molar-refractivity contribution in [2.45, 2.75) is 55.3 Å². The van der Waals surface area contributed by atoms with Crippen molar-refractivity contribution in [1.82, 2.24) is 31.0 Å². The average Bonchev–Trinajstić information content (AvgIpc) is 3.61. The monoisotopic (exact) mass is 552 g/mol. The summed E-state index contributed by atoms with van der Waals surface area (Å²) in [7, 11) is 0. The van der Waals surface area contributed by atoms with E-state index in [1.807, 2.05) is 6.07 Å². The number of benzene rings is 1. The van der Waals surface area contributed by atoms with Crippen LogP contribution in [0.3, 0.4) is 0 Å². The minimum Gasteiger partial charge on any atom is -0.492 e. The van der Waals surface area contributed by atoms with Gasteiger partial charge in [0.25, 0.3) is 11.8 Å². The normalized spacial score (nSPS) is 29.1. The Morgan fingerprint density at radius 3 is 2.75 bits per heavy atom. The first-order valence-corrected chi connectivity index (χ1v) is 13.0. The number of hydrogen-bond donors (Lipinski definition) is 8. The number of rotatable bonds is 5. The number of amides is 2. The molecule has 0 aliphatic carbocycles. The van der Waals surface area contributed by atoms with Gasteiger partial charge < -0.3 is 47.3 Å². The van der Waals surface area contributed by atoms with Gasteiger partial charge in [-0.05, 0) is 24.0 Å². The fourth-order valence-corrected chi connectivity index (χ4v) is 6.11. The summed E-state index contributed by atoms with van der Waals surface area (Å²) in [5.41, 5.74) is 11.9. The highest BCUT2D eigenvalue weighted by atomic mass is 16.5. The van der Waals surface area contributed by atoms with Crippen LogP contribution < -0.4 is 32.2 Å². The van der Waals surface area contributed by atoms with Gasteiger partial charge in [0.15, 0.2) is 17.6 Å². The van der Waals surface area contributed by atoms with Gasteiger partial charge in [-0.15, -0.1) is 0 Å². The number of carbonyl (C=O) groups is 2. The maximum Gasteiger partial charge on any atom is 0.269 e. The number of aromatic nitrogens is 2. The molecule has 4 aliphatic rings. The number of H-pyrrole nitrogens is 1. The molecule has 0 bridgehead atoms. The molecule has 2 aromatic rings. The molecule has 5 heterocycles. The largest absolute Gasteiger partial charge is 0.492 e. The first-order valence-electron chi connectivity index (χ1n) is 13.0. The van der Waals surface area contributed by atoms with Gasteiger partial charge in [-0.3, -0.25) is 14.7 Å². The highest BCUT2D eigenvalue weighted by molar-refractivity contribution is 5.98. The number of aromatic amines is 1. The molecule has 6 rings (SSSR count). The van der Waals surface area contributed by atoms with Gasteiger partial charge in [0.1, 0.15) is 23.5 Å². The molecule has 1 aromatic heterocycles. The second kappa shape index (κ2) is 8.82. The molecule has 212 valence electrons. The predicted molar refractivity (Wildman–Crippen MR) is 142 cm³/mol. The van der Waals surface area contributed by atoms with Gasteiger partial charge in [-0.25, -0.2) is 9.98 Å². The molecule has 0 unspecified atom stereocenters. The van der Waals surface area contributed by atoms with Crippen molar-refractivity contribution in [1.29, 1.82) is 0 Å². The fraction of sp³-hybridized carbons (Fsp3) is 0.480. The summed E-state index contributed by atoms with van der Waals surface area (Å²) in [6.07, 6.45) is 2.25. The number of carbonyl (C=O) groups excluding carboxylic acids is 2. The van der Waals surface area contributed by atoms with Crippen molar-refractivity contribution in [3.63, 3.8) is 0 Å². The number of guanidine groups is 2. The Labute approximate surface area is 229 Å². The highest BCUT2D eigenvalue weighted by Gasteiger charge is 2.73. The van der Waals surface area contributed by atoms with Crippen molar-refractivity contribution in [2.75, 3.05) is 19.7 Å². The first-order chi connectivity index (χ1) is 19.0. The molecular formula is C25H32N10O5. The summed E-state index contributed by atoms with van der Waals surface area (Å²) >= 11 is 0. The van der Waals surface area contributed by atoms with Crippen LogP contribution in [-0.2, 0) is 5.41 Å². The number of nitrogens with zero attached hydrogens (tertiary/aromatic N) is 4. The van der Waals surface area contributed by atoms with Crippen LogP contribution in [0, 0.1) is 0 Å². The maximum absolute atomic E-state index is 13.5. The number of ether oxygens (including phenoxy) is 1. The third-order valence-electron chi connectivity index (χ3n) is 8.29. The van der Waals surface area contributed by atoms with Crippen molar-refractivity contribution >= 4 is 23.7 Å². The van der Waals surface area contributed by atoms with E-state index < -0.39 is 41.4 Å². The second-order valence-corrected chi connectivity index (χ2v) is 11.1. The number of aliphatic hydroxyl groups is 2. The summed E-state index contributed by atoms with van der Waals surface area (Å²) in [5.74, 6) is -3.19. The van der Waals surface area contributed by atoms with Crippen LogP contribution in [0.2, 0.25) is 0 Å². The van der Waals surface area contributed by atoms with Crippen LogP contribution in [0.1, 0.15) is 46.7 Å². The molecule has 1 fully saturated rings. The topological polar surface area (TPSA) is 229 Å². The fourth-order valence-electron chi connectivity index (χ4n) is 6.11. The standard InChI is InChI=1S/C25H32N10O5/c1-23(2)7-9-40-17-12(4-3-5-13(17)23)19(36)31-16-11-35-22(27)30-15(10-28-20(37)14-6-8-29-34-14)18-24(35,25(16,38)39)33-21(26)32-18/h3-6,8,15-16,18,38-39H,7,9-11H2,1-2H3,(H2,27,30)(H,28,37)(H,29,34)(H,31,36)(H3,26,32,33)/t15-,16-,18-,24-/m0/s1. The SMILES string of the molecule is CC1(C)CCOc2c(C(=O)N[C@H]3CN4C(N)=N[C@@H](CNC(=O)c5ccn[nH]5)[C@@H]5N=C(N)N[C@@]54C3(O)O)cccc21. The van der Waals surface area contributed by atoms with Crippen LogP contribution in [0.25, 0.3) is 0 Å². The zero-order valence-electron chi connectivity index (χ0n) is 22.0. The zero-order valence-corrected chi connectivity index (χ0v) is 22.0. The first kappa shape index (κ1) is 25.9. The van der Waals surface area contributed by atoms with E-state index in [0.717, 1.165) is 12.0 Å². The summed E-state index contributed by atoms with van der Waals surface area (Å²) in [4.78, 5) is 36.4. The molecule has 0 radical (unpaired) electrons. The minimum atomic E-state index is -2.61. The Morgan fingerprint density at radius 2 is 2.00 bits per heavy atom. The molecule has 15 nitrogen and oxygen atoms in total. The molecule has 10 N–H and O–H groups in total. The van der Waals surface area contributed by atoms with E-state index in [1.165, 1.54) is 17.2 Å². The van der Waals surface area contributed by atoms with Gasteiger partial charge in [0.05, 0.1) is 18.2 Å². The minimum absolute atomic E-state index is 0.0270. The molecule has 1 aromatic carbocycles. The number of nitrogens with one attached hydrogen (secondary N) is 4. The molecular weight excluding hydrogens is 520 g/mol. The lowest BCUT2D eigenvalue weighted by atomic mass is 9.79. The van der Waals surface area contributed by atoms with Gasteiger partial charge in [-0.2, -0.15) is 5.10 Å². The quantitative estimate of drug-likeness (QED) is 0.185. The Balaban J connectivity index is 1.27. The zero-order chi connectivity index (χ0) is 28.4. The van der Waals surface area contributed by atoms with Crippen LogP contribution in [0.15, 0.2) is 40.4 Å². The number of nitrogens with two attached hydrogens (primary N) is 2. The smallest absolute Gasteiger partial charge is 0.269 e. The number of para-hydroxylation sites is 1. The summed E-state index contributed by atoms with van der Waals surface area (Å²) in [6.45, 7) is 4.50. The molecule has 4 atom stereocenters. The van der Waals surface area contributed by atoms with E-state index in [-0.39, 0.29) is 41.7 Å². The Kier molecular flexibility index (Phi) is 5.71. The maximum atomic E-state index is 13.5. The van der Waals surface area contributed by atoms with Crippen molar-refractivity contribution in [3.8, 4) is 5.75 Å². The number of aliphatic imine (C=N–C) groups is 2. The van der Waals surface area contributed by atoms with Crippen LogP contribution >= 0.6 is 0 Å². The molecule has 15 heteroatoms. The number of hydrogen-bond acceptors (Lipinski definition) is 12. The third kappa shape index (κ3) is 3.68. The van der Waals surface area contributed by atoms with E-state index in [9.17, 15) is 19.8 Å². The van der Waals surface area contributed by atoms with E-state index in [4.69, 9.17) is 16.2 Å². The highest BCUT2D eigenvalue weighted by Crippen LogP contribution is 2.45. The molecule has 1 spiro atoms. The number of fused-ring (bicyclic) bond motifs is 1. The molecule has 40 heavy (non-hydrogen) atoms. The Hall–Kier alpha value is -4.37. The van der Waals surface area contributed by atoms with Gasteiger partial charge >= 0.3 is 0 Å². The lowest BCUT2D eigenvalue weighted by Gasteiger charge is -2.49. The lowest BCUT2D eigenvalue weighted by Crippen LogP contribution is -2.78. The van der Waals surface area contributed by atoms with E-state index in [2.05, 4.69) is 50.0 Å². The van der Waals surface area contributed by atoms with Gasteiger partial charge in [0.2, 0.25) is 5.79 Å². The summed E-state index contributed by atoms with van der Waals surface area (Å²) in [5, 5.41) is 38.1. The lowest BCUT2D eigenvalue weighted by molar-refractivity contribution is -0.230. The second-order valence-electron chi connectivity index (χ2n) is 11.1. The molecule has 1 saturated heterocycles. The van der Waals surface area contributed by atoms with Crippen molar-refractivity contribution in [3.05, 3.63) is 47.3 Å². The van der Waals surface area contributed by atoms with Crippen molar-refractivity contribution < 1.29 is 24.5 Å². The molecule has 4 aliphatic heterocycles. The Bertz CT molecular complexity index is 1420. The molecule has 0 saturated carbocycles.